The number of ether oxygens (including phenoxy) is 1. The van der Waals surface area contributed by atoms with Crippen LogP contribution in [-0.4, -0.2) is 20.5 Å². The third-order valence-electron chi connectivity index (χ3n) is 4.45. The molecule has 2 aromatic carbocycles. The van der Waals surface area contributed by atoms with Crippen LogP contribution in [0.4, 0.5) is 0 Å². The average Bonchev–Trinajstić information content (AvgIpc) is 2.57. The van der Waals surface area contributed by atoms with Crippen molar-refractivity contribution in [2.24, 2.45) is 5.73 Å². The van der Waals surface area contributed by atoms with Gasteiger partial charge in [-0.1, -0.05) is 12.1 Å². The maximum Gasteiger partial charge on any atom is 0.240 e. The molecule has 25 heavy (non-hydrogen) atoms. The first kappa shape index (κ1) is 17.9. The van der Waals surface area contributed by atoms with Gasteiger partial charge in [-0.25, -0.2) is 13.1 Å². The highest BCUT2D eigenvalue weighted by atomic mass is 32.2. The number of hydrogen-bond acceptors (Lipinski definition) is 4. The van der Waals surface area contributed by atoms with E-state index in [2.05, 4.69) is 4.72 Å². The zero-order valence-corrected chi connectivity index (χ0v) is 15.1. The van der Waals surface area contributed by atoms with E-state index in [-0.39, 0.29) is 17.0 Å². The maximum absolute atomic E-state index is 12.5. The van der Waals surface area contributed by atoms with Gasteiger partial charge in [0.2, 0.25) is 10.0 Å². The normalized spacial score (nSPS) is 21.0. The van der Waals surface area contributed by atoms with E-state index in [1.54, 1.807) is 24.3 Å². The molecule has 0 aliphatic heterocycles. The first-order valence-corrected chi connectivity index (χ1v) is 10.0. The molecule has 0 saturated heterocycles. The van der Waals surface area contributed by atoms with Crippen LogP contribution >= 0.6 is 0 Å². The van der Waals surface area contributed by atoms with Crippen LogP contribution in [0, 0.1) is 6.92 Å². The van der Waals surface area contributed by atoms with E-state index in [4.69, 9.17) is 10.5 Å². The van der Waals surface area contributed by atoms with Crippen molar-refractivity contribution in [3.05, 3.63) is 54.1 Å². The molecule has 0 aromatic heterocycles. The zero-order chi connectivity index (χ0) is 17.9. The lowest BCUT2D eigenvalue weighted by molar-refractivity contribution is 0.373. The van der Waals surface area contributed by atoms with Crippen LogP contribution in [0.3, 0.4) is 0 Å². The molecule has 0 amide bonds. The summed E-state index contributed by atoms with van der Waals surface area (Å²) < 4.78 is 33.6. The summed E-state index contributed by atoms with van der Waals surface area (Å²) in [5.41, 5.74) is 6.97. The molecule has 6 heteroatoms. The molecule has 0 unspecified atom stereocenters. The summed E-state index contributed by atoms with van der Waals surface area (Å²) in [7, 11) is -3.52. The van der Waals surface area contributed by atoms with Crippen LogP contribution in [0.1, 0.15) is 31.2 Å². The minimum atomic E-state index is -3.52. The Balaban J connectivity index is 1.66. The Morgan fingerprint density at radius 1 is 1.00 bits per heavy atom. The standard InChI is InChI=1S/C19H24N2O3S/c1-14-3-2-4-18(13-14)24-17-9-11-19(12-10-17)25(22,23)21-16-7-5-15(20)6-8-16/h2-4,9-13,15-16,21H,5-8,20H2,1H3. The second-order valence-electron chi connectivity index (χ2n) is 6.62. The van der Waals surface area contributed by atoms with Crippen LogP contribution in [0.2, 0.25) is 0 Å². The van der Waals surface area contributed by atoms with Crippen molar-refractivity contribution < 1.29 is 13.2 Å². The van der Waals surface area contributed by atoms with Gasteiger partial charge in [-0.3, -0.25) is 0 Å². The maximum atomic E-state index is 12.5. The Kier molecular flexibility index (Phi) is 5.42. The van der Waals surface area contributed by atoms with Crippen molar-refractivity contribution in [1.82, 2.24) is 4.72 Å². The van der Waals surface area contributed by atoms with Crippen LogP contribution in [0.5, 0.6) is 11.5 Å². The second kappa shape index (κ2) is 7.56. The van der Waals surface area contributed by atoms with E-state index in [0.717, 1.165) is 37.0 Å². The molecule has 3 rings (SSSR count). The Morgan fingerprint density at radius 2 is 1.68 bits per heavy atom. The van der Waals surface area contributed by atoms with Crippen molar-refractivity contribution >= 4 is 10.0 Å². The highest BCUT2D eigenvalue weighted by Gasteiger charge is 2.24. The van der Waals surface area contributed by atoms with Gasteiger partial charge in [0.25, 0.3) is 0 Å². The van der Waals surface area contributed by atoms with E-state index in [0.29, 0.717) is 5.75 Å². The fourth-order valence-corrected chi connectivity index (χ4v) is 4.33. The van der Waals surface area contributed by atoms with E-state index in [1.165, 1.54) is 0 Å². The summed E-state index contributed by atoms with van der Waals surface area (Å²) in [6.45, 7) is 1.99. The molecule has 0 radical (unpaired) electrons. The number of nitrogens with two attached hydrogens (primary N) is 1. The lowest BCUT2D eigenvalue weighted by atomic mass is 9.93. The summed E-state index contributed by atoms with van der Waals surface area (Å²) in [4.78, 5) is 0.249. The Bertz CT molecular complexity index is 811. The highest BCUT2D eigenvalue weighted by molar-refractivity contribution is 7.89. The van der Waals surface area contributed by atoms with Gasteiger partial charge in [0, 0.05) is 12.1 Å². The number of nitrogens with one attached hydrogen (secondary N) is 1. The largest absolute Gasteiger partial charge is 0.457 e. The molecular formula is C19H24N2O3S. The predicted octanol–water partition coefficient (Wildman–Crippen LogP) is 3.34. The topological polar surface area (TPSA) is 81.4 Å². The molecule has 2 aromatic rings. The van der Waals surface area contributed by atoms with Gasteiger partial charge in [0.15, 0.2) is 0 Å². The van der Waals surface area contributed by atoms with Gasteiger partial charge in [-0.2, -0.15) is 0 Å². The first-order valence-electron chi connectivity index (χ1n) is 8.55. The van der Waals surface area contributed by atoms with Crippen LogP contribution in [0.15, 0.2) is 53.4 Å². The number of aryl methyl sites for hydroxylation is 1. The fourth-order valence-electron chi connectivity index (χ4n) is 3.03. The summed E-state index contributed by atoms with van der Waals surface area (Å²) in [6.07, 6.45) is 3.29. The van der Waals surface area contributed by atoms with E-state index >= 15 is 0 Å². The SMILES string of the molecule is Cc1cccc(Oc2ccc(S(=O)(=O)NC3CCC(N)CC3)cc2)c1. The lowest BCUT2D eigenvalue weighted by Gasteiger charge is -2.26. The Morgan fingerprint density at radius 3 is 2.32 bits per heavy atom. The molecule has 1 aliphatic rings. The minimum absolute atomic E-state index is 0.0342. The molecule has 0 spiro atoms. The average molecular weight is 360 g/mol. The number of benzene rings is 2. The molecule has 1 fully saturated rings. The van der Waals surface area contributed by atoms with Crippen LogP contribution in [0.25, 0.3) is 0 Å². The number of sulfonamides is 1. The van der Waals surface area contributed by atoms with Gasteiger partial charge in [0.1, 0.15) is 11.5 Å². The monoisotopic (exact) mass is 360 g/mol. The van der Waals surface area contributed by atoms with Crippen molar-refractivity contribution in [2.75, 3.05) is 0 Å². The van der Waals surface area contributed by atoms with Crippen molar-refractivity contribution in [3.8, 4) is 11.5 Å². The van der Waals surface area contributed by atoms with Gasteiger partial charge in [-0.15, -0.1) is 0 Å². The van der Waals surface area contributed by atoms with Crippen molar-refractivity contribution in [3.63, 3.8) is 0 Å². The molecule has 1 saturated carbocycles. The molecule has 3 N–H and O–H groups in total. The van der Waals surface area contributed by atoms with E-state index < -0.39 is 10.0 Å². The summed E-state index contributed by atoms with van der Waals surface area (Å²) in [6, 6.07) is 14.4. The van der Waals surface area contributed by atoms with Crippen molar-refractivity contribution in [2.45, 2.75) is 49.6 Å². The molecule has 134 valence electrons. The lowest BCUT2D eigenvalue weighted by Crippen LogP contribution is -2.40. The van der Waals surface area contributed by atoms with Gasteiger partial charge < -0.3 is 10.5 Å². The molecule has 0 bridgehead atoms. The van der Waals surface area contributed by atoms with Crippen LogP contribution in [-0.2, 0) is 10.0 Å². The van der Waals surface area contributed by atoms with Gasteiger partial charge >= 0.3 is 0 Å². The smallest absolute Gasteiger partial charge is 0.240 e. The van der Waals surface area contributed by atoms with Crippen LogP contribution < -0.4 is 15.2 Å². The van der Waals surface area contributed by atoms with E-state index in [1.807, 2.05) is 31.2 Å². The van der Waals surface area contributed by atoms with E-state index in [9.17, 15) is 8.42 Å². The summed E-state index contributed by atoms with van der Waals surface area (Å²) >= 11 is 0. The first-order chi connectivity index (χ1) is 11.9. The summed E-state index contributed by atoms with van der Waals surface area (Å²) in [5.74, 6) is 1.33. The third kappa shape index (κ3) is 4.81. The van der Waals surface area contributed by atoms with Gasteiger partial charge in [0.05, 0.1) is 4.90 Å². The molecule has 0 atom stereocenters. The third-order valence-corrected chi connectivity index (χ3v) is 5.99. The molecule has 5 nitrogen and oxygen atoms in total. The Hall–Kier alpha value is -1.89. The predicted molar refractivity (Wildman–Crippen MR) is 98.2 cm³/mol. The number of hydrogen-bond donors (Lipinski definition) is 2. The minimum Gasteiger partial charge on any atom is -0.457 e. The highest BCUT2D eigenvalue weighted by Crippen LogP contribution is 2.24. The molecule has 1 aliphatic carbocycles. The fraction of sp³-hybridized carbons (Fsp3) is 0.368. The molecular weight excluding hydrogens is 336 g/mol. The van der Waals surface area contributed by atoms with Gasteiger partial charge in [-0.05, 0) is 74.6 Å². The number of rotatable bonds is 5. The second-order valence-corrected chi connectivity index (χ2v) is 8.34. The Labute approximate surface area is 149 Å². The summed E-state index contributed by atoms with van der Waals surface area (Å²) in [5, 5.41) is 0. The zero-order valence-electron chi connectivity index (χ0n) is 14.3. The van der Waals surface area contributed by atoms with Crippen molar-refractivity contribution in [1.29, 1.82) is 0 Å². The quantitative estimate of drug-likeness (QED) is 0.857. The molecule has 0 heterocycles.